The number of nitrogens with zero attached hydrogens (tertiary/aromatic N) is 2. The number of aryl methyl sites for hydroxylation is 1. The Labute approximate surface area is 147 Å². The molecule has 1 N–H and O–H groups in total. The Kier molecular flexibility index (Phi) is 6.07. The van der Waals surface area contributed by atoms with Gasteiger partial charge in [-0.2, -0.15) is 0 Å². The van der Waals surface area contributed by atoms with E-state index in [9.17, 15) is 14.4 Å². The number of nitrogens with one attached hydrogen (secondary N) is 1. The van der Waals surface area contributed by atoms with Crippen molar-refractivity contribution in [2.45, 2.75) is 13.5 Å². The van der Waals surface area contributed by atoms with Crippen LogP contribution in [0.25, 0.3) is 0 Å². The summed E-state index contributed by atoms with van der Waals surface area (Å²) in [6.45, 7) is 5.00. The van der Waals surface area contributed by atoms with E-state index in [1.54, 1.807) is 13.0 Å². The van der Waals surface area contributed by atoms with E-state index in [1.165, 1.54) is 30.0 Å². The van der Waals surface area contributed by atoms with E-state index in [-0.39, 0.29) is 24.0 Å². The number of anilines is 1. The van der Waals surface area contributed by atoms with Gasteiger partial charge in [0, 0.05) is 6.20 Å². The van der Waals surface area contributed by atoms with Crippen molar-refractivity contribution in [3.05, 3.63) is 51.9 Å². The smallest absolute Gasteiger partial charge is 0.350 e. The highest BCUT2D eigenvalue weighted by atomic mass is 32.1. The van der Waals surface area contributed by atoms with Gasteiger partial charge in [0.25, 0.3) is 5.56 Å². The second-order valence-electron chi connectivity index (χ2n) is 4.88. The normalized spacial score (nSPS) is 10.2. The first-order chi connectivity index (χ1) is 12.0. The lowest BCUT2D eigenvalue weighted by molar-refractivity contribution is -0.116. The van der Waals surface area contributed by atoms with Crippen molar-refractivity contribution in [3.63, 3.8) is 0 Å². The first-order valence-electron chi connectivity index (χ1n) is 7.25. The maximum atomic E-state index is 12.1. The molecule has 0 atom stereocenters. The van der Waals surface area contributed by atoms with Crippen molar-refractivity contribution >= 4 is 28.3 Å². The van der Waals surface area contributed by atoms with Crippen LogP contribution in [0.4, 0.5) is 5.13 Å². The van der Waals surface area contributed by atoms with Gasteiger partial charge in [0.2, 0.25) is 5.91 Å². The molecule has 0 spiro atoms. The van der Waals surface area contributed by atoms with E-state index in [0.717, 1.165) is 11.3 Å². The predicted octanol–water partition coefficient (Wildman–Crippen LogP) is 1.60. The van der Waals surface area contributed by atoms with Gasteiger partial charge in [-0.3, -0.25) is 9.59 Å². The Bertz CT molecular complexity index is 856. The van der Waals surface area contributed by atoms with E-state index in [2.05, 4.69) is 16.9 Å². The Hall–Kier alpha value is -2.94. The molecule has 25 heavy (non-hydrogen) atoms. The van der Waals surface area contributed by atoms with E-state index in [0.29, 0.717) is 10.6 Å². The molecule has 0 aromatic carbocycles. The van der Waals surface area contributed by atoms with Crippen LogP contribution in [-0.2, 0) is 16.1 Å². The molecule has 1 amide bonds. The average Bonchev–Trinajstić information content (AvgIpc) is 2.94. The van der Waals surface area contributed by atoms with Crippen molar-refractivity contribution in [1.82, 2.24) is 9.55 Å². The second-order valence-corrected chi connectivity index (χ2v) is 5.88. The molecule has 0 saturated carbocycles. The second kappa shape index (κ2) is 8.25. The molecule has 0 unspecified atom stereocenters. The zero-order valence-electron chi connectivity index (χ0n) is 13.8. The van der Waals surface area contributed by atoms with Crippen molar-refractivity contribution in [2.75, 3.05) is 19.0 Å². The molecule has 132 valence electrons. The van der Waals surface area contributed by atoms with Crippen molar-refractivity contribution < 1.29 is 19.1 Å². The molecule has 8 nitrogen and oxygen atoms in total. The van der Waals surface area contributed by atoms with E-state index in [1.807, 2.05) is 0 Å². The molecule has 2 rings (SSSR count). The summed E-state index contributed by atoms with van der Waals surface area (Å²) in [7, 11) is 1.38. The number of pyridine rings is 1. The zero-order chi connectivity index (χ0) is 18.4. The summed E-state index contributed by atoms with van der Waals surface area (Å²) in [6.07, 6.45) is 2.94. The lowest BCUT2D eigenvalue weighted by atomic mass is 10.4. The van der Waals surface area contributed by atoms with Gasteiger partial charge < -0.3 is 19.4 Å². The summed E-state index contributed by atoms with van der Waals surface area (Å²) < 4.78 is 11.1. The minimum absolute atomic E-state index is 0.0939. The summed E-state index contributed by atoms with van der Waals surface area (Å²) in [5.74, 6) is -0.831. The fourth-order valence-corrected chi connectivity index (χ4v) is 2.82. The number of methoxy groups -OCH3 is 1. The largest absolute Gasteiger partial charge is 0.491 e. The fourth-order valence-electron chi connectivity index (χ4n) is 1.95. The Morgan fingerprint density at radius 2 is 2.24 bits per heavy atom. The van der Waals surface area contributed by atoms with Crippen LogP contribution >= 0.6 is 11.3 Å². The van der Waals surface area contributed by atoms with Crippen LogP contribution in [0.15, 0.2) is 35.8 Å². The number of rotatable bonds is 7. The van der Waals surface area contributed by atoms with E-state index >= 15 is 0 Å². The molecule has 0 saturated heterocycles. The van der Waals surface area contributed by atoms with Crippen LogP contribution in [0.2, 0.25) is 0 Å². The van der Waals surface area contributed by atoms with E-state index < -0.39 is 17.4 Å². The third-order valence-corrected chi connectivity index (χ3v) is 4.13. The molecule has 0 radical (unpaired) electrons. The van der Waals surface area contributed by atoms with Gasteiger partial charge in [0.05, 0.1) is 12.8 Å². The average molecular weight is 363 g/mol. The number of aromatic nitrogens is 2. The first-order valence-corrected chi connectivity index (χ1v) is 8.06. The van der Waals surface area contributed by atoms with Gasteiger partial charge in [0.1, 0.15) is 18.0 Å². The first kappa shape index (κ1) is 18.4. The number of carbonyl (C=O) groups excluding carboxylic acids is 2. The highest BCUT2D eigenvalue weighted by Gasteiger charge is 2.18. The minimum atomic E-state index is -0.528. The molecule has 0 bridgehead atoms. The van der Waals surface area contributed by atoms with Gasteiger partial charge >= 0.3 is 5.97 Å². The minimum Gasteiger partial charge on any atom is -0.491 e. The number of hydrogen-bond donors (Lipinski definition) is 1. The standard InChI is InChI=1S/C16H17N3O5S/c1-4-8-24-15(22)13-10(2)17-16(25-13)18-12(20)9-19-7-5-6-11(23-3)14(19)21/h4-7H,1,8-9H2,2-3H3,(H,17,18,20). The number of thiazole rings is 1. The molecule has 0 aliphatic rings. The van der Waals surface area contributed by atoms with Gasteiger partial charge in [-0.05, 0) is 19.1 Å². The monoisotopic (exact) mass is 363 g/mol. The van der Waals surface area contributed by atoms with Gasteiger partial charge in [-0.1, -0.05) is 24.0 Å². The van der Waals surface area contributed by atoms with Gasteiger partial charge in [0.15, 0.2) is 10.9 Å². The van der Waals surface area contributed by atoms with Crippen LogP contribution in [0, 0.1) is 6.92 Å². The third-order valence-electron chi connectivity index (χ3n) is 3.08. The number of amides is 1. The Balaban J connectivity index is 2.08. The van der Waals surface area contributed by atoms with E-state index in [4.69, 9.17) is 9.47 Å². The van der Waals surface area contributed by atoms with Crippen LogP contribution in [0.5, 0.6) is 5.75 Å². The number of hydrogen-bond acceptors (Lipinski definition) is 7. The summed E-state index contributed by atoms with van der Waals surface area (Å²) in [5.41, 5.74) is 0.0390. The maximum absolute atomic E-state index is 12.1. The fraction of sp³-hybridized carbons (Fsp3) is 0.250. The quantitative estimate of drug-likeness (QED) is 0.592. The SMILES string of the molecule is C=CCOC(=O)c1sc(NC(=O)Cn2cccc(OC)c2=O)nc1C. The lowest BCUT2D eigenvalue weighted by Crippen LogP contribution is -2.27. The summed E-state index contributed by atoms with van der Waals surface area (Å²) >= 11 is 1.00. The van der Waals surface area contributed by atoms with Gasteiger partial charge in [-0.25, -0.2) is 9.78 Å². The Morgan fingerprint density at radius 3 is 2.92 bits per heavy atom. The molecular formula is C16H17N3O5S. The summed E-state index contributed by atoms with van der Waals surface area (Å²) in [5, 5.41) is 2.82. The van der Waals surface area contributed by atoms with Crippen LogP contribution < -0.4 is 15.6 Å². The molecule has 2 heterocycles. The molecule has 2 aromatic rings. The third kappa shape index (κ3) is 4.54. The predicted molar refractivity (Wildman–Crippen MR) is 93.2 cm³/mol. The topological polar surface area (TPSA) is 99.5 Å². The molecule has 0 fully saturated rings. The molecule has 2 aromatic heterocycles. The van der Waals surface area contributed by atoms with Crippen molar-refractivity contribution in [1.29, 1.82) is 0 Å². The van der Waals surface area contributed by atoms with Crippen LogP contribution in [-0.4, -0.2) is 35.1 Å². The number of ether oxygens (including phenoxy) is 2. The summed E-state index contributed by atoms with van der Waals surface area (Å²) in [6, 6.07) is 3.12. The lowest BCUT2D eigenvalue weighted by Gasteiger charge is -2.06. The van der Waals surface area contributed by atoms with Crippen LogP contribution in [0.3, 0.4) is 0 Å². The Morgan fingerprint density at radius 1 is 1.48 bits per heavy atom. The maximum Gasteiger partial charge on any atom is 0.350 e. The number of carbonyl (C=O) groups is 2. The zero-order valence-corrected chi connectivity index (χ0v) is 14.6. The molecule has 9 heteroatoms. The highest BCUT2D eigenvalue weighted by molar-refractivity contribution is 7.17. The van der Waals surface area contributed by atoms with Crippen LogP contribution in [0.1, 0.15) is 15.4 Å². The molecular weight excluding hydrogens is 346 g/mol. The van der Waals surface area contributed by atoms with Crippen molar-refractivity contribution in [2.24, 2.45) is 0 Å². The molecule has 0 aliphatic heterocycles. The molecule has 0 aliphatic carbocycles. The van der Waals surface area contributed by atoms with Gasteiger partial charge in [-0.15, -0.1) is 0 Å². The van der Waals surface area contributed by atoms with Crippen molar-refractivity contribution in [3.8, 4) is 5.75 Å². The highest BCUT2D eigenvalue weighted by Crippen LogP contribution is 2.23. The number of esters is 1. The summed E-state index contributed by atoms with van der Waals surface area (Å²) in [4.78, 5) is 40.4.